The van der Waals surface area contributed by atoms with Gasteiger partial charge in [-0.1, -0.05) is 13.8 Å². The second kappa shape index (κ2) is 4.24. The number of rotatable bonds is 4. The van der Waals surface area contributed by atoms with Crippen molar-refractivity contribution in [2.24, 2.45) is 0 Å². The molecule has 0 rings (SSSR count). The molecule has 2 heteroatoms. The highest BCUT2D eigenvalue weighted by Crippen LogP contribution is 2.51. The lowest BCUT2D eigenvalue weighted by atomic mass is 10.6. The van der Waals surface area contributed by atoms with E-state index >= 15 is 0 Å². The van der Waals surface area contributed by atoms with E-state index in [1.807, 2.05) is 6.66 Å². The molecule has 0 radical (unpaired) electrons. The second-order valence-corrected chi connectivity index (χ2v) is 6.36. The molecule has 0 bridgehead atoms. The van der Waals surface area contributed by atoms with Crippen molar-refractivity contribution >= 4 is 7.49 Å². The molecular weight excluding hydrogens is 131 g/mol. The summed E-state index contributed by atoms with van der Waals surface area (Å²) in [7, 11) is -1.44. The molecule has 0 aliphatic carbocycles. The van der Waals surface area contributed by atoms with Crippen molar-refractivity contribution in [1.29, 1.82) is 0 Å². The van der Waals surface area contributed by atoms with Crippen LogP contribution in [0.25, 0.3) is 0 Å². The van der Waals surface area contributed by atoms with Crippen LogP contribution in [0.15, 0.2) is 0 Å². The first-order valence-corrected chi connectivity index (χ1v) is 6.25. The van der Waals surface area contributed by atoms with E-state index in [4.69, 9.17) is 0 Å². The molecular formula is C7H18OP+. The molecule has 1 N–H and O–H groups in total. The highest BCUT2D eigenvalue weighted by Gasteiger charge is 2.25. The Bertz CT molecular complexity index is 63.3. The van der Waals surface area contributed by atoms with Crippen LogP contribution in [-0.4, -0.2) is 23.9 Å². The van der Waals surface area contributed by atoms with E-state index in [0.717, 1.165) is 25.2 Å². The minimum atomic E-state index is -1.44. The van der Waals surface area contributed by atoms with Crippen LogP contribution < -0.4 is 0 Å². The molecule has 1 nitrogen and oxygen atoms in total. The average Bonchev–Trinajstić information content (AvgIpc) is 1.64. The van der Waals surface area contributed by atoms with Crippen LogP contribution in [0, 0.1) is 0 Å². The number of hydrogen-bond acceptors (Lipinski definition) is 1. The molecule has 0 spiro atoms. The van der Waals surface area contributed by atoms with Gasteiger partial charge in [-0.15, -0.1) is 0 Å². The lowest BCUT2D eigenvalue weighted by Gasteiger charge is -2.12. The predicted molar refractivity (Wildman–Crippen MR) is 45.4 cm³/mol. The van der Waals surface area contributed by atoms with Gasteiger partial charge < -0.3 is 0 Å². The second-order valence-electron chi connectivity index (χ2n) is 2.79. The Kier molecular flexibility index (Phi) is 4.43. The third-order valence-electron chi connectivity index (χ3n) is 1.41. The monoisotopic (exact) mass is 149 g/mol. The maximum absolute atomic E-state index is 9.63. The maximum atomic E-state index is 9.63. The molecule has 56 valence electrons. The quantitative estimate of drug-likeness (QED) is 0.608. The maximum Gasteiger partial charge on any atom is 0.139 e. The molecule has 0 aliphatic rings. The summed E-state index contributed by atoms with van der Waals surface area (Å²) < 4.78 is 0. The van der Waals surface area contributed by atoms with Gasteiger partial charge in [0.05, 0.1) is 19.0 Å². The first-order valence-electron chi connectivity index (χ1n) is 3.69. The zero-order valence-electron chi connectivity index (χ0n) is 6.72. The summed E-state index contributed by atoms with van der Waals surface area (Å²) in [6.45, 7) is 6.29. The van der Waals surface area contributed by atoms with Gasteiger partial charge in [0.25, 0.3) is 0 Å². The Morgan fingerprint density at radius 1 is 1.11 bits per heavy atom. The third-order valence-corrected chi connectivity index (χ3v) is 4.23. The standard InChI is InChI=1S/C7H18OP/c1-4-6-9(3,8)7-5-2/h8H,4-7H2,1-3H3/q+1. The molecule has 0 aromatic carbocycles. The van der Waals surface area contributed by atoms with Gasteiger partial charge in [-0.25, -0.2) is 0 Å². The van der Waals surface area contributed by atoms with E-state index in [-0.39, 0.29) is 0 Å². The van der Waals surface area contributed by atoms with Crippen LogP contribution in [0.3, 0.4) is 0 Å². The van der Waals surface area contributed by atoms with Crippen molar-refractivity contribution in [1.82, 2.24) is 0 Å². The molecule has 0 fully saturated rings. The lowest BCUT2D eigenvalue weighted by molar-refractivity contribution is 0.600. The van der Waals surface area contributed by atoms with Crippen molar-refractivity contribution in [3.63, 3.8) is 0 Å². The smallest absolute Gasteiger partial charge is 0.139 e. The first kappa shape index (κ1) is 9.39. The van der Waals surface area contributed by atoms with Gasteiger partial charge >= 0.3 is 0 Å². The molecule has 0 aromatic heterocycles. The molecule has 0 amide bonds. The minimum Gasteiger partial charge on any atom is -0.252 e. The van der Waals surface area contributed by atoms with Gasteiger partial charge in [0.15, 0.2) is 0 Å². The van der Waals surface area contributed by atoms with Gasteiger partial charge in [-0.3, -0.25) is 4.89 Å². The third kappa shape index (κ3) is 4.87. The van der Waals surface area contributed by atoms with Crippen LogP contribution in [0.1, 0.15) is 26.7 Å². The molecule has 0 aromatic rings. The Morgan fingerprint density at radius 3 is 1.67 bits per heavy atom. The van der Waals surface area contributed by atoms with Crippen molar-refractivity contribution in [2.75, 3.05) is 19.0 Å². The molecule has 9 heavy (non-hydrogen) atoms. The van der Waals surface area contributed by atoms with E-state index in [0.29, 0.717) is 0 Å². The molecule has 0 saturated heterocycles. The van der Waals surface area contributed by atoms with Gasteiger partial charge in [0, 0.05) is 0 Å². The Hall–Kier alpha value is 0.390. The molecule has 0 aliphatic heterocycles. The molecule has 0 heterocycles. The van der Waals surface area contributed by atoms with E-state index in [9.17, 15) is 4.89 Å². The van der Waals surface area contributed by atoms with Gasteiger partial charge in [-0.2, -0.15) is 0 Å². The Balaban J connectivity index is 3.43. The zero-order valence-corrected chi connectivity index (χ0v) is 7.62. The van der Waals surface area contributed by atoms with Gasteiger partial charge in [0.2, 0.25) is 0 Å². The summed E-state index contributed by atoms with van der Waals surface area (Å²) in [6.07, 6.45) is 4.34. The zero-order chi connectivity index (χ0) is 7.33. The van der Waals surface area contributed by atoms with E-state index in [2.05, 4.69) is 13.8 Å². The van der Waals surface area contributed by atoms with Crippen molar-refractivity contribution in [3.8, 4) is 0 Å². The fourth-order valence-corrected chi connectivity index (χ4v) is 3.23. The summed E-state index contributed by atoms with van der Waals surface area (Å²) >= 11 is 0. The minimum absolute atomic E-state index is 1.04. The normalized spacial score (nSPS) is 12.0. The van der Waals surface area contributed by atoms with E-state index < -0.39 is 7.49 Å². The fourth-order valence-electron chi connectivity index (χ4n) is 1.08. The summed E-state index contributed by atoms with van der Waals surface area (Å²) in [5.41, 5.74) is 0. The average molecular weight is 149 g/mol. The molecule has 0 saturated carbocycles. The first-order chi connectivity index (χ1) is 4.12. The Labute approximate surface area is 58.9 Å². The summed E-state index contributed by atoms with van der Waals surface area (Å²) in [4.78, 5) is 9.63. The van der Waals surface area contributed by atoms with Crippen LogP contribution in [0.4, 0.5) is 0 Å². The van der Waals surface area contributed by atoms with Gasteiger partial charge in [0.1, 0.15) is 7.49 Å². The largest absolute Gasteiger partial charge is 0.252 e. The predicted octanol–water partition coefficient (Wildman–Crippen LogP) is 2.36. The van der Waals surface area contributed by atoms with Crippen molar-refractivity contribution in [3.05, 3.63) is 0 Å². The lowest BCUT2D eigenvalue weighted by Crippen LogP contribution is -1.98. The molecule has 0 atom stereocenters. The summed E-state index contributed by atoms with van der Waals surface area (Å²) in [6, 6.07) is 0. The summed E-state index contributed by atoms with van der Waals surface area (Å²) in [5, 5.41) is 0. The van der Waals surface area contributed by atoms with Crippen molar-refractivity contribution in [2.45, 2.75) is 26.7 Å². The van der Waals surface area contributed by atoms with Crippen LogP contribution >= 0.6 is 7.49 Å². The van der Waals surface area contributed by atoms with Crippen LogP contribution in [0.2, 0.25) is 0 Å². The van der Waals surface area contributed by atoms with E-state index in [1.165, 1.54) is 0 Å². The van der Waals surface area contributed by atoms with E-state index in [1.54, 1.807) is 0 Å². The highest BCUT2D eigenvalue weighted by atomic mass is 31.2. The SMILES string of the molecule is CCC[P+](C)(O)CCC. The highest BCUT2D eigenvalue weighted by molar-refractivity contribution is 7.69. The summed E-state index contributed by atoms with van der Waals surface area (Å²) in [5.74, 6) is 0. The topological polar surface area (TPSA) is 20.2 Å². The number of hydrogen-bond donors (Lipinski definition) is 1. The fraction of sp³-hybridized carbons (Fsp3) is 1.00. The molecule has 0 unspecified atom stereocenters. The Morgan fingerprint density at radius 2 is 1.44 bits per heavy atom. The van der Waals surface area contributed by atoms with Crippen LogP contribution in [0.5, 0.6) is 0 Å². The van der Waals surface area contributed by atoms with Crippen LogP contribution in [-0.2, 0) is 0 Å². The van der Waals surface area contributed by atoms with Gasteiger partial charge in [-0.05, 0) is 12.8 Å². The van der Waals surface area contributed by atoms with Crippen molar-refractivity contribution < 1.29 is 4.89 Å².